The number of amides is 1. The Kier molecular flexibility index (Phi) is 5.59. The number of sulfonamides is 1. The van der Waals surface area contributed by atoms with Crippen LogP contribution in [-0.2, 0) is 24.3 Å². The molecule has 2 aromatic rings. The van der Waals surface area contributed by atoms with E-state index in [0.29, 0.717) is 17.0 Å². The van der Waals surface area contributed by atoms with Gasteiger partial charge in [0.05, 0.1) is 17.7 Å². The number of carbonyl (C=O) groups is 2. The van der Waals surface area contributed by atoms with Gasteiger partial charge in [-0.1, -0.05) is 24.3 Å². The van der Waals surface area contributed by atoms with Crippen LogP contribution in [0.15, 0.2) is 58.4 Å². The number of amidine groups is 1. The molecule has 0 bridgehead atoms. The summed E-state index contributed by atoms with van der Waals surface area (Å²) in [5, 5.41) is 2.57. The van der Waals surface area contributed by atoms with Crippen molar-refractivity contribution >= 4 is 33.4 Å². The third-order valence-electron chi connectivity index (χ3n) is 3.77. The average Bonchev–Trinajstić information content (AvgIpc) is 2.96. The lowest BCUT2D eigenvalue weighted by Crippen LogP contribution is -2.25. The van der Waals surface area contributed by atoms with Gasteiger partial charge in [0.1, 0.15) is 18.1 Å². The number of esters is 1. The molecule has 28 heavy (non-hydrogen) atoms. The predicted octanol–water partition coefficient (Wildman–Crippen LogP) is 0.916. The number of fused-ring (bicyclic) bond motifs is 1. The van der Waals surface area contributed by atoms with Gasteiger partial charge in [-0.15, -0.1) is 0 Å². The van der Waals surface area contributed by atoms with Crippen LogP contribution in [0.4, 0.5) is 5.69 Å². The first kappa shape index (κ1) is 19.4. The molecule has 146 valence electrons. The molecule has 0 saturated carbocycles. The van der Waals surface area contributed by atoms with Crippen molar-refractivity contribution in [3.05, 3.63) is 54.1 Å². The second kappa shape index (κ2) is 8.09. The molecule has 0 aromatic heterocycles. The molecule has 1 aliphatic heterocycles. The van der Waals surface area contributed by atoms with Crippen molar-refractivity contribution in [2.75, 3.05) is 25.6 Å². The number of benzene rings is 2. The Balaban J connectivity index is 1.55. The molecular weight excluding hydrogens is 386 g/mol. The maximum Gasteiger partial charge on any atom is 0.328 e. The Morgan fingerprint density at radius 1 is 1.11 bits per heavy atom. The van der Waals surface area contributed by atoms with Crippen LogP contribution >= 0.6 is 0 Å². The fraction of sp³-hybridized carbons (Fsp3) is 0.167. The number of ether oxygens (including phenoxy) is 2. The molecule has 0 aliphatic carbocycles. The maximum atomic E-state index is 12.0. The van der Waals surface area contributed by atoms with Gasteiger partial charge in [-0.2, -0.15) is 0 Å². The van der Waals surface area contributed by atoms with Crippen LogP contribution < -0.4 is 14.8 Å². The number of carbonyl (C=O) groups excluding carboxylic acids is 2. The van der Waals surface area contributed by atoms with Crippen molar-refractivity contribution < 1.29 is 27.5 Å². The number of hydrogen-bond donors (Lipinski definition) is 2. The van der Waals surface area contributed by atoms with Gasteiger partial charge in [0.25, 0.3) is 15.9 Å². The van der Waals surface area contributed by atoms with Gasteiger partial charge in [-0.3, -0.25) is 19.3 Å². The highest BCUT2D eigenvalue weighted by atomic mass is 32.2. The molecule has 1 heterocycles. The van der Waals surface area contributed by atoms with E-state index in [1.165, 1.54) is 13.2 Å². The third kappa shape index (κ3) is 4.29. The summed E-state index contributed by atoms with van der Waals surface area (Å²) >= 11 is 0. The summed E-state index contributed by atoms with van der Waals surface area (Å²) in [5.74, 6) is -0.782. The standard InChI is InChI=1S/C18H17N3O6S/c1-26-14-8-4-3-7-13(14)20-16(22)11-27-17(23)10-19-18-12-6-2-5-9-15(12)28(24,25)21-18/h2-9H,10-11H2,1H3,(H,19,21)(H,20,22). The quantitative estimate of drug-likeness (QED) is 0.692. The van der Waals surface area contributed by atoms with E-state index in [1.807, 2.05) is 0 Å². The molecule has 2 N–H and O–H groups in total. The number of nitrogens with zero attached hydrogens (tertiary/aromatic N) is 1. The van der Waals surface area contributed by atoms with Crippen molar-refractivity contribution in [2.45, 2.75) is 4.90 Å². The van der Waals surface area contributed by atoms with E-state index in [0.717, 1.165) is 0 Å². The van der Waals surface area contributed by atoms with E-state index in [2.05, 4.69) is 15.0 Å². The lowest BCUT2D eigenvalue weighted by atomic mass is 10.2. The molecule has 1 amide bonds. The highest BCUT2D eigenvalue weighted by Crippen LogP contribution is 2.23. The zero-order chi connectivity index (χ0) is 20.1. The maximum absolute atomic E-state index is 12.0. The van der Waals surface area contributed by atoms with Crippen LogP contribution in [0, 0.1) is 0 Å². The zero-order valence-electron chi connectivity index (χ0n) is 14.8. The van der Waals surface area contributed by atoms with Crippen LogP contribution in [0.25, 0.3) is 0 Å². The van der Waals surface area contributed by atoms with E-state index in [9.17, 15) is 18.0 Å². The first-order chi connectivity index (χ1) is 13.4. The van der Waals surface area contributed by atoms with Gasteiger partial charge < -0.3 is 14.8 Å². The summed E-state index contributed by atoms with van der Waals surface area (Å²) in [7, 11) is -2.21. The molecule has 1 aliphatic rings. The molecule has 9 nitrogen and oxygen atoms in total. The normalized spacial score (nSPS) is 15.4. The van der Waals surface area contributed by atoms with Crippen LogP contribution in [0.2, 0.25) is 0 Å². The summed E-state index contributed by atoms with van der Waals surface area (Å²) in [6.07, 6.45) is 0. The van der Waals surface area contributed by atoms with Gasteiger partial charge in [0.15, 0.2) is 6.61 Å². The molecule has 3 rings (SSSR count). The zero-order valence-corrected chi connectivity index (χ0v) is 15.7. The van der Waals surface area contributed by atoms with Crippen LogP contribution in [0.3, 0.4) is 0 Å². The highest BCUT2D eigenvalue weighted by molar-refractivity contribution is 7.90. The number of rotatable bonds is 6. The number of anilines is 1. The number of para-hydroxylation sites is 2. The third-order valence-corrected chi connectivity index (χ3v) is 5.17. The number of aliphatic imine (C=N–C) groups is 1. The van der Waals surface area contributed by atoms with E-state index in [4.69, 9.17) is 9.47 Å². The van der Waals surface area contributed by atoms with Crippen molar-refractivity contribution in [1.82, 2.24) is 4.72 Å². The van der Waals surface area contributed by atoms with E-state index >= 15 is 0 Å². The second-order valence-electron chi connectivity index (χ2n) is 5.68. The Hall–Kier alpha value is -3.40. The van der Waals surface area contributed by atoms with Crippen molar-refractivity contribution in [2.24, 2.45) is 4.99 Å². The minimum absolute atomic E-state index is 0.0611. The summed E-state index contributed by atoms with van der Waals surface area (Å²) in [5.41, 5.74) is 0.826. The fourth-order valence-corrected chi connectivity index (χ4v) is 3.77. The lowest BCUT2D eigenvalue weighted by Gasteiger charge is -2.09. The first-order valence-corrected chi connectivity index (χ1v) is 9.64. The smallest absolute Gasteiger partial charge is 0.328 e. The van der Waals surface area contributed by atoms with Crippen molar-refractivity contribution in [1.29, 1.82) is 0 Å². The molecule has 10 heteroatoms. The Morgan fingerprint density at radius 2 is 1.82 bits per heavy atom. The molecule has 0 unspecified atom stereocenters. The van der Waals surface area contributed by atoms with Gasteiger partial charge in [0, 0.05) is 5.56 Å². The topological polar surface area (TPSA) is 123 Å². The minimum Gasteiger partial charge on any atom is -0.495 e. The minimum atomic E-state index is -3.68. The van der Waals surface area contributed by atoms with Gasteiger partial charge in [-0.05, 0) is 24.3 Å². The number of nitrogens with one attached hydrogen (secondary N) is 2. The second-order valence-corrected chi connectivity index (χ2v) is 7.33. The van der Waals surface area contributed by atoms with Crippen LogP contribution in [-0.4, -0.2) is 46.4 Å². The predicted molar refractivity (Wildman–Crippen MR) is 101 cm³/mol. The molecular formula is C18H17N3O6S. The van der Waals surface area contributed by atoms with Crippen LogP contribution in [0.1, 0.15) is 5.56 Å². The van der Waals surface area contributed by atoms with Crippen LogP contribution in [0.5, 0.6) is 5.75 Å². The van der Waals surface area contributed by atoms with E-state index in [-0.39, 0.29) is 10.7 Å². The molecule has 0 fully saturated rings. The summed E-state index contributed by atoms with van der Waals surface area (Å²) in [6.45, 7) is -0.946. The van der Waals surface area contributed by atoms with Gasteiger partial charge in [0.2, 0.25) is 0 Å². The van der Waals surface area contributed by atoms with E-state index < -0.39 is 35.1 Å². The lowest BCUT2D eigenvalue weighted by molar-refractivity contribution is -0.145. The molecule has 0 radical (unpaired) electrons. The summed E-state index contributed by atoms with van der Waals surface area (Å²) < 4.78 is 36.2. The van der Waals surface area contributed by atoms with Crippen molar-refractivity contribution in [3.8, 4) is 5.75 Å². The average molecular weight is 403 g/mol. The monoisotopic (exact) mass is 403 g/mol. The molecule has 0 atom stereocenters. The molecule has 2 aromatic carbocycles. The van der Waals surface area contributed by atoms with Crippen molar-refractivity contribution in [3.63, 3.8) is 0 Å². The van der Waals surface area contributed by atoms with Gasteiger partial charge >= 0.3 is 5.97 Å². The molecule has 0 spiro atoms. The molecule has 0 saturated heterocycles. The SMILES string of the molecule is COc1ccccc1NC(=O)COC(=O)CN=C1NS(=O)(=O)c2ccccc21. The highest BCUT2D eigenvalue weighted by Gasteiger charge is 2.30. The number of hydrogen-bond acceptors (Lipinski definition) is 7. The van der Waals surface area contributed by atoms with E-state index in [1.54, 1.807) is 42.5 Å². The Morgan fingerprint density at radius 3 is 2.61 bits per heavy atom. The summed E-state index contributed by atoms with van der Waals surface area (Å²) in [6, 6.07) is 13.1. The Bertz CT molecular complexity index is 1050. The number of methoxy groups -OCH3 is 1. The fourth-order valence-electron chi connectivity index (χ4n) is 2.52. The largest absolute Gasteiger partial charge is 0.495 e. The summed E-state index contributed by atoms with van der Waals surface area (Å²) in [4.78, 5) is 27.8. The van der Waals surface area contributed by atoms with Gasteiger partial charge in [-0.25, -0.2) is 8.42 Å². The first-order valence-electron chi connectivity index (χ1n) is 8.16. The Labute approximate surface area is 161 Å².